The summed E-state index contributed by atoms with van der Waals surface area (Å²) in [6, 6.07) is 15.6. The lowest BCUT2D eigenvalue weighted by Gasteiger charge is -2.64. The van der Waals surface area contributed by atoms with Crippen LogP contribution >= 0.6 is 24.0 Å². The zero-order valence-electron chi connectivity index (χ0n) is 49.7. The summed E-state index contributed by atoms with van der Waals surface area (Å²) < 4.78 is 58.4. The Morgan fingerprint density at radius 2 is 1.11 bits per heavy atom. The fraction of sp³-hybridized carbons (Fsp3) is 0.667. The SMILES string of the molecule is CC(C)(C)OC(=O)N1CC[C@@H]1COC(=O)Cl.CC(C)(C)OC(=O)N1CC[C@@H]1COC(=O)N[C@@H](Cc1coc2ccccc12)B1O[C@@H]2C[C@@H]3C[C@@H](C3(C)C)[C@]2(C)O1.CC1(C)[C@@H]2C[C@H]3OB([C@@H](N)Cc4coc5ccccc45)O[C@@]3(C)[C@H]1C2.Cl. The molecule has 0 spiro atoms. The number of nitrogens with one attached hydrogen (secondary N) is 1. The van der Waals surface area contributed by atoms with Crippen molar-refractivity contribution < 1.29 is 65.6 Å². The quantitative estimate of drug-likeness (QED) is 0.0812. The third-order valence-corrected chi connectivity index (χ3v) is 19.4. The van der Waals surface area contributed by atoms with Crippen molar-refractivity contribution in [2.24, 2.45) is 40.2 Å². The van der Waals surface area contributed by atoms with Crippen LogP contribution in [0.3, 0.4) is 0 Å². The number of carbonyl (C=O) groups excluding carboxylic acids is 4. The largest absolute Gasteiger partial charge is 0.482 e. The number of amides is 3. The number of carbonyl (C=O) groups is 4. The van der Waals surface area contributed by atoms with Crippen molar-refractivity contribution in [2.45, 2.75) is 193 Å². The van der Waals surface area contributed by atoms with Gasteiger partial charge in [0.25, 0.3) is 0 Å². The summed E-state index contributed by atoms with van der Waals surface area (Å²) in [4.78, 5) is 50.8. The number of nitrogens with zero attached hydrogens (tertiary/aromatic N) is 2. The van der Waals surface area contributed by atoms with Crippen molar-refractivity contribution in [3.63, 3.8) is 0 Å². The zero-order chi connectivity index (χ0) is 58.2. The molecule has 4 aromatic rings. The number of hydrogen-bond acceptors (Lipinski definition) is 15. The molecule has 12 atom stereocenters. The van der Waals surface area contributed by atoms with Crippen LogP contribution in [0.15, 0.2) is 69.9 Å². The molecular weight excluding hydrogens is 1090 g/mol. The fourth-order valence-electron chi connectivity index (χ4n) is 14.2. The van der Waals surface area contributed by atoms with Gasteiger partial charge in [0.1, 0.15) is 35.6 Å². The lowest BCUT2D eigenvalue weighted by Crippen LogP contribution is -2.65. The van der Waals surface area contributed by atoms with Gasteiger partial charge in [-0.3, -0.25) is 0 Å². The van der Waals surface area contributed by atoms with Crippen LogP contribution in [-0.2, 0) is 50.4 Å². The van der Waals surface area contributed by atoms with Gasteiger partial charge in [-0.15, -0.1) is 12.4 Å². The summed E-state index contributed by atoms with van der Waals surface area (Å²) in [5.74, 6) is 1.68. The van der Waals surface area contributed by atoms with E-state index in [0.29, 0.717) is 49.1 Å². The number of ether oxygens (including phenoxy) is 4. The highest BCUT2D eigenvalue weighted by atomic mass is 35.5. The molecule has 4 bridgehead atoms. The Balaban J connectivity index is 0.000000164. The molecule has 4 aliphatic heterocycles. The van der Waals surface area contributed by atoms with Crippen LogP contribution in [0.25, 0.3) is 21.9 Å². The maximum absolute atomic E-state index is 13.1. The van der Waals surface area contributed by atoms with Gasteiger partial charge >= 0.3 is 37.9 Å². The maximum Gasteiger partial charge on any atom is 0.482 e. The molecular formula is C60H84B2Cl2N4O14. The van der Waals surface area contributed by atoms with Gasteiger partial charge in [0.05, 0.1) is 54.0 Å². The van der Waals surface area contributed by atoms with E-state index in [2.05, 4.69) is 57.7 Å². The summed E-state index contributed by atoms with van der Waals surface area (Å²) in [7, 11) is -0.952. The average molecular weight is 1180 g/mol. The predicted octanol–water partition coefficient (Wildman–Crippen LogP) is 11.7. The summed E-state index contributed by atoms with van der Waals surface area (Å²) in [6.45, 7) is 26.2. The first-order valence-corrected chi connectivity index (χ1v) is 29.5. The highest BCUT2D eigenvalue weighted by Crippen LogP contribution is 2.67. The van der Waals surface area contributed by atoms with Gasteiger partial charge in [0.15, 0.2) is 0 Å². The molecule has 10 fully saturated rings. The highest BCUT2D eigenvalue weighted by molar-refractivity contribution is 6.61. The van der Waals surface area contributed by atoms with Gasteiger partial charge in [0.2, 0.25) is 0 Å². The number of fused-ring (bicyclic) bond motifs is 2. The molecule has 18 nitrogen and oxygen atoms in total. The highest BCUT2D eigenvalue weighted by Gasteiger charge is 2.70. The molecule has 14 rings (SSSR count). The van der Waals surface area contributed by atoms with Gasteiger partial charge in [0, 0.05) is 41.4 Å². The topological polar surface area (TPSA) is 213 Å². The predicted molar refractivity (Wildman–Crippen MR) is 313 cm³/mol. The summed E-state index contributed by atoms with van der Waals surface area (Å²) >= 11 is 5.04. The first kappa shape index (κ1) is 61.9. The number of nitrogens with two attached hydrogens (primary N) is 1. The fourth-order valence-corrected chi connectivity index (χ4v) is 14.3. The second kappa shape index (κ2) is 23.3. The molecule has 2 aromatic carbocycles. The molecule has 3 N–H and O–H groups in total. The number of alkyl carbamates (subject to hydrolysis) is 1. The van der Waals surface area contributed by atoms with Crippen LogP contribution in [0.1, 0.15) is 133 Å². The lowest BCUT2D eigenvalue weighted by molar-refractivity contribution is -0.199. The number of likely N-dealkylation sites (tertiary alicyclic amines) is 2. The van der Waals surface area contributed by atoms with E-state index in [1.54, 1.807) is 31.9 Å². The number of rotatable bonds is 11. The average Bonchev–Trinajstić information content (AvgIpc) is 1.56. The summed E-state index contributed by atoms with van der Waals surface area (Å²) in [6.07, 6.45) is 9.57. The van der Waals surface area contributed by atoms with E-state index in [9.17, 15) is 19.2 Å². The van der Waals surface area contributed by atoms with Crippen LogP contribution in [-0.4, -0.2) is 133 Å². The summed E-state index contributed by atoms with van der Waals surface area (Å²) in [5, 5.41) is 5.16. The molecule has 6 heterocycles. The van der Waals surface area contributed by atoms with E-state index in [-0.39, 0.29) is 86.2 Å². The zero-order valence-corrected chi connectivity index (χ0v) is 51.2. The van der Waals surface area contributed by atoms with Crippen molar-refractivity contribution >= 4 is 83.9 Å². The number of para-hydroxylation sites is 2. The smallest absolute Gasteiger partial charge is 0.464 e. The second-order valence-electron chi connectivity index (χ2n) is 27.4. The van der Waals surface area contributed by atoms with Crippen molar-refractivity contribution in [2.75, 3.05) is 26.3 Å². The molecule has 10 aliphatic rings. The van der Waals surface area contributed by atoms with Gasteiger partial charge in [-0.2, -0.15) is 0 Å². The molecule has 0 unspecified atom stereocenters. The minimum Gasteiger partial charge on any atom is -0.464 e. The third kappa shape index (κ3) is 12.4. The molecule has 3 amide bonds. The Kier molecular flexibility index (Phi) is 17.6. The number of benzene rings is 2. The summed E-state index contributed by atoms with van der Waals surface area (Å²) in [5.41, 5.74) is 8.33. The Labute approximate surface area is 494 Å². The Hall–Kier alpha value is -4.69. The van der Waals surface area contributed by atoms with E-state index >= 15 is 0 Å². The van der Waals surface area contributed by atoms with E-state index in [1.165, 1.54) is 11.3 Å². The van der Waals surface area contributed by atoms with Gasteiger partial charge < -0.3 is 67.2 Å². The molecule has 82 heavy (non-hydrogen) atoms. The van der Waals surface area contributed by atoms with Crippen molar-refractivity contribution in [1.82, 2.24) is 15.1 Å². The lowest BCUT2D eigenvalue weighted by atomic mass is 9.43. The van der Waals surface area contributed by atoms with Gasteiger partial charge in [-0.1, -0.05) is 64.1 Å². The van der Waals surface area contributed by atoms with E-state index in [1.807, 2.05) is 69.5 Å². The van der Waals surface area contributed by atoms with E-state index < -0.39 is 41.4 Å². The molecule has 2 aromatic heterocycles. The Morgan fingerprint density at radius 1 is 0.671 bits per heavy atom. The molecule has 22 heteroatoms. The van der Waals surface area contributed by atoms with Crippen LogP contribution in [0, 0.1) is 34.5 Å². The van der Waals surface area contributed by atoms with Crippen LogP contribution < -0.4 is 11.1 Å². The Bertz CT molecular complexity index is 2960. The normalized spacial score (nSPS) is 30.4. The van der Waals surface area contributed by atoms with Crippen molar-refractivity contribution in [3.8, 4) is 0 Å². The van der Waals surface area contributed by atoms with Crippen molar-refractivity contribution in [3.05, 3.63) is 72.2 Å². The molecule has 6 saturated carbocycles. The second-order valence-corrected chi connectivity index (χ2v) is 27.7. The number of hydrogen-bond donors (Lipinski definition) is 2. The molecule has 6 aliphatic carbocycles. The van der Waals surface area contributed by atoms with Gasteiger partial charge in [-0.25, -0.2) is 19.2 Å². The van der Waals surface area contributed by atoms with Gasteiger partial charge in [-0.05, 0) is 165 Å². The first-order chi connectivity index (χ1) is 38.0. The van der Waals surface area contributed by atoms with E-state index in [0.717, 1.165) is 71.1 Å². The monoisotopic (exact) mass is 1180 g/mol. The minimum atomic E-state index is -0.851. The standard InChI is InChI=1S/C30H41BN2O7.C20H26BNO3.C10H16ClNO4.ClH/c1-28(2,3)38-27(35)33-12-11-20(33)17-37-26(34)32-25(13-18-16-36-22-10-8-7-9-21(18)22)31-39-24-15-19-14-23(29(19,4)5)30(24,6)40-31;1-19(2)13-9-16(19)20(3)17(10-13)24-21(25-20)18(22)8-12-11-23-15-7-5-4-6-14(12)15;1-10(2,3)16-9(14)12-5-4-7(12)6-15-8(11)13;/h7-10,16,19-20,23-25H,11-15,17H2,1-6H3,(H,32,34);4-7,11,13,16-18H,8-10,22H2,1-3H3;7H,4-6H2,1-3H3;1H/t19-,20+,23-,24+,25-,30-;13-,16-,17+,18-,20-;7-;/m001./s1. The maximum atomic E-state index is 13.1. The van der Waals surface area contributed by atoms with Crippen LogP contribution in [0.4, 0.5) is 19.2 Å². The third-order valence-electron chi connectivity index (χ3n) is 19.3. The molecule has 4 saturated heterocycles. The van der Waals surface area contributed by atoms with Crippen LogP contribution in [0.2, 0.25) is 0 Å². The minimum absolute atomic E-state index is 0. The van der Waals surface area contributed by atoms with Crippen LogP contribution in [0.5, 0.6) is 0 Å². The van der Waals surface area contributed by atoms with E-state index in [4.69, 9.17) is 59.0 Å². The molecule has 448 valence electrons. The first-order valence-electron chi connectivity index (χ1n) is 29.1. The molecule has 0 radical (unpaired) electrons. The number of halogens is 2. The Morgan fingerprint density at radius 3 is 1.55 bits per heavy atom. The van der Waals surface area contributed by atoms with Crippen molar-refractivity contribution in [1.29, 1.82) is 0 Å². The number of furan rings is 2.